The molecular formula is C16H25N3O2. The summed E-state index contributed by atoms with van der Waals surface area (Å²) < 4.78 is 5.88. The van der Waals surface area contributed by atoms with E-state index in [0.29, 0.717) is 43.5 Å². The number of pyridine rings is 1. The molecule has 1 aromatic rings. The van der Waals surface area contributed by atoms with Gasteiger partial charge in [0.25, 0.3) is 0 Å². The van der Waals surface area contributed by atoms with Gasteiger partial charge in [0, 0.05) is 12.6 Å². The van der Waals surface area contributed by atoms with Gasteiger partial charge in [-0.25, -0.2) is 4.98 Å². The van der Waals surface area contributed by atoms with Crippen LogP contribution in [0.3, 0.4) is 0 Å². The lowest BCUT2D eigenvalue weighted by atomic mass is 9.90. The summed E-state index contributed by atoms with van der Waals surface area (Å²) in [6, 6.07) is 3.68. The van der Waals surface area contributed by atoms with Crippen LogP contribution in [0.25, 0.3) is 0 Å². The number of amides is 1. The molecule has 0 aliphatic heterocycles. The summed E-state index contributed by atoms with van der Waals surface area (Å²) in [6.07, 6.45) is 9.15. The molecule has 3 N–H and O–H groups in total. The molecule has 0 unspecified atom stereocenters. The normalized spacial score (nSPS) is 15.7. The number of carbonyl (C=O) groups is 1. The van der Waals surface area contributed by atoms with Gasteiger partial charge in [-0.05, 0) is 43.9 Å². The van der Waals surface area contributed by atoms with Gasteiger partial charge in [0.15, 0.2) is 11.6 Å². The number of ether oxygens (including phenoxy) is 1. The smallest absolute Gasteiger partial charge is 0.225 e. The Hall–Kier alpha value is -1.62. The highest BCUT2D eigenvalue weighted by Gasteiger charge is 2.15. The Labute approximate surface area is 126 Å². The van der Waals surface area contributed by atoms with Gasteiger partial charge in [0.05, 0.1) is 6.61 Å². The van der Waals surface area contributed by atoms with Gasteiger partial charge in [-0.1, -0.05) is 19.3 Å². The van der Waals surface area contributed by atoms with Crippen molar-refractivity contribution in [3.05, 3.63) is 18.3 Å². The van der Waals surface area contributed by atoms with E-state index in [9.17, 15) is 4.79 Å². The molecule has 5 heteroatoms. The fraction of sp³-hybridized carbons (Fsp3) is 0.625. The van der Waals surface area contributed by atoms with Crippen molar-refractivity contribution in [2.75, 3.05) is 18.5 Å². The zero-order valence-corrected chi connectivity index (χ0v) is 12.5. The summed E-state index contributed by atoms with van der Waals surface area (Å²) >= 11 is 0. The predicted octanol–water partition coefficient (Wildman–Crippen LogP) is 2.72. The average Bonchev–Trinajstić information content (AvgIpc) is 2.53. The summed E-state index contributed by atoms with van der Waals surface area (Å²) in [5, 5.41) is 2.80. The van der Waals surface area contributed by atoms with Crippen molar-refractivity contribution in [2.24, 2.45) is 11.7 Å². The van der Waals surface area contributed by atoms with E-state index >= 15 is 0 Å². The van der Waals surface area contributed by atoms with E-state index in [1.165, 1.54) is 32.1 Å². The molecule has 2 rings (SSSR count). The molecule has 1 heterocycles. The van der Waals surface area contributed by atoms with Crippen molar-refractivity contribution in [1.29, 1.82) is 0 Å². The number of aromatic nitrogens is 1. The highest BCUT2D eigenvalue weighted by molar-refractivity contribution is 5.91. The molecule has 21 heavy (non-hydrogen) atoms. The average molecular weight is 291 g/mol. The topological polar surface area (TPSA) is 77.2 Å². The van der Waals surface area contributed by atoms with Crippen LogP contribution in [0.5, 0.6) is 5.75 Å². The monoisotopic (exact) mass is 291 g/mol. The summed E-state index contributed by atoms with van der Waals surface area (Å²) in [7, 11) is 0. The minimum atomic E-state index is -0.0679. The molecule has 1 amide bonds. The maximum Gasteiger partial charge on any atom is 0.225 e. The summed E-state index contributed by atoms with van der Waals surface area (Å²) in [4.78, 5) is 16.0. The fourth-order valence-corrected chi connectivity index (χ4v) is 2.62. The van der Waals surface area contributed by atoms with Gasteiger partial charge >= 0.3 is 0 Å². The number of anilines is 1. The minimum absolute atomic E-state index is 0.0679. The van der Waals surface area contributed by atoms with Crippen molar-refractivity contribution in [3.63, 3.8) is 0 Å². The zero-order chi connectivity index (χ0) is 14.9. The molecule has 0 radical (unpaired) electrons. The van der Waals surface area contributed by atoms with E-state index in [1.807, 2.05) is 12.1 Å². The first-order valence-electron chi connectivity index (χ1n) is 7.87. The molecule has 5 nitrogen and oxygen atoms in total. The van der Waals surface area contributed by atoms with E-state index in [1.54, 1.807) is 6.20 Å². The third-order valence-electron chi connectivity index (χ3n) is 3.84. The van der Waals surface area contributed by atoms with Crippen molar-refractivity contribution >= 4 is 11.7 Å². The largest absolute Gasteiger partial charge is 0.489 e. The molecule has 0 aromatic carbocycles. The van der Waals surface area contributed by atoms with Crippen LogP contribution in [0, 0.1) is 5.92 Å². The van der Waals surface area contributed by atoms with Crippen molar-refractivity contribution in [1.82, 2.24) is 4.98 Å². The van der Waals surface area contributed by atoms with Crippen LogP contribution < -0.4 is 15.8 Å². The molecule has 0 atom stereocenters. The summed E-state index contributed by atoms with van der Waals surface area (Å²) in [5.41, 5.74) is 5.41. The molecule has 1 aromatic heterocycles. The Balaban J connectivity index is 1.88. The molecule has 1 saturated carbocycles. The highest BCUT2D eigenvalue weighted by Crippen LogP contribution is 2.27. The van der Waals surface area contributed by atoms with Crippen LogP contribution in [0.2, 0.25) is 0 Å². The second kappa shape index (κ2) is 8.62. The number of nitrogens with two attached hydrogens (primary N) is 1. The van der Waals surface area contributed by atoms with Gasteiger partial charge in [-0.3, -0.25) is 4.79 Å². The Bertz CT molecular complexity index is 445. The SMILES string of the molecule is NCCCC(=O)Nc1ncccc1OCC1CCCCC1. The molecule has 0 spiro atoms. The van der Waals surface area contributed by atoms with Crippen molar-refractivity contribution < 1.29 is 9.53 Å². The van der Waals surface area contributed by atoms with Gasteiger partial charge in [-0.2, -0.15) is 0 Å². The summed E-state index contributed by atoms with van der Waals surface area (Å²) in [5.74, 6) is 1.72. The standard InChI is InChI=1S/C16H25N3O2/c17-10-4-9-15(20)19-16-14(8-5-11-18-16)21-12-13-6-2-1-3-7-13/h5,8,11,13H,1-4,6-7,9-10,12,17H2,(H,18,19,20). The first kappa shape index (κ1) is 15.8. The number of hydrogen-bond acceptors (Lipinski definition) is 4. The first-order chi connectivity index (χ1) is 10.3. The van der Waals surface area contributed by atoms with Crippen LogP contribution in [0.4, 0.5) is 5.82 Å². The van der Waals surface area contributed by atoms with E-state index in [2.05, 4.69) is 10.3 Å². The molecular weight excluding hydrogens is 266 g/mol. The molecule has 1 aliphatic carbocycles. The number of nitrogens with zero attached hydrogens (tertiary/aromatic N) is 1. The predicted molar refractivity (Wildman–Crippen MR) is 83.2 cm³/mol. The molecule has 1 aliphatic rings. The number of nitrogens with one attached hydrogen (secondary N) is 1. The number of rotatable bonds is 7. The molecule has 0 saturated heterocycles. The lowest BCUT2D eigenvalue weighted by Gasteiger charge is -2.22. The second-order valence-corrected chi connectivity index (χ2v) is 5.61. The lowest BCUT2D eigenvalue weighted by molar-refractivity contribution is -0.116. The molecule has 116 valence electrons. The molecule has 1 fully saturated rings. The maximum absolute atomic E-state index is 11.8. The summed E-state index contributed by atoms with van der Waals surface area (Å²) in [6.45, 7) is 1.22. The Morgan fingerprint density at radius 3 is 2.95 bits per heavy atom. The van der Waals surface area contributed by atoms with Crippen LogP contribution in [-0.2, 0) is 4.79 Å². The van der Waals surface area contributed by atoms with Crippen LogP contribution in [0.15, 0.2) is 18.3 Å². The van der Waals surface area contributed by atoms with Crippen molar-refractivity contribution in [2.45, 2.75) is 44.9 Å². The van der Waals surface area contributed by atoms with Gasteiger partial charge < -0.3 is 15.8 Å². The van der Waals surface area contributed by atoms with E-state index in [-0.39, 0.29) is 5.91 Å². The number of hydrogen-bond donors (Lipinski definition) is 2. The van der Waals surface area contributed by atoms with E-state index in [0.717, 1.165) is 0 Å². The molecule has 0 bridgehead atoms. The van der Waals surface area contributed by atoms with E-state index in [4.69, 9.17) is 10.5 Å². The lowest BCUT2D eigenvalue weighted by Crippen LogP contribution is -2.18. The van der Waals surface area contributed by atoms with Crippen LogP contribution in [0.1, 0.15) is 44.9 Å². The van der Waals surface area contributed by atoms with E-state index < -0.39 is 0 Å². The minimum Gasteiger partial charge on any atom is -0.489 e. The Morgan fingerprint density at radius 1 is 1.38 bits per heavy atom. The zero-order valence-electron chi connectivity index (χ0n) is 12.5. The fourth-order valence-electron chi connectivity index (χ4n) is 2.62. The number of carbonyl (C=O) groups excluding carboxylic acids is 1. The van der Waals surface area contributed by atoms with Gasteiger partial charge in [0.1, 0.15) is 0 Å². The van der Waals surface area contributed by atoms with Crippen LogP contribution >= 0.6 is 0 Å². The maximum atomic E-state index is 11.8. The Morgan fingerprint density at radius 2 is 2.19 bits per heavy atom. The Kier molecular flexibility index (Phi) is 6.47. The van der Waals surface area contributed by atoms with Gasteiger partial charge in [0.2, 0.25) is 5.91 Å². The second-order valence-electron chi connectivity index (χ2n) is 5.61. The third kappa shape index (κ3) is 5.34. The van der Waals surface area contributed by atoms with Crippen LogP contribution in [-0.4, -0.2) is 24.0 Å². The first-order valence-corrected chi connectivity index (χ1v) is 7.87. The highest BCUT2D eigenvalue weighted by atomic mass is 16.5. The van der Waals surface area contributed by atoms with Gasteiger partial charge in [-0.15, -0.1) is 0 Å². The quantitative estimate of drug-likeness (QED) is 0.809. The van der Waals surface area contributed by atoms with Crippen molar-refractivity contribution in [3.8, 4) is 5.75 Å². The third-order valence-corrected chi connectivity index (χ3v) is 3.84.